The zero-order valence-corrected chi connectivity index (χ0v) is 14.5. The first-order valence-corrected chi connectivity index (χ1v) is 9.60. The van der Waals surface area contributed by atoms with Gasteiger partial charge in [0, 0.05) is 30.7 Å². The summed E-state index contributed by atoms with van der Waals surface area (Å²) >= 11 is 0. The lowest BCUT2D eigenvalue weighted by atomic mass is 9.76. The van der Waals surface area contributed by atoms with Crippen LogP contribution in [0.1, 0.15) is 78.6 Å². The van der Waals surface area contributed by atoms with Gasteiger partial charge in [0.05, 0.1) is 0 Å². The van der Waals surface area contributed by atoms with Crippen LogP contribution in [0.15, 0.2) is 0 Å². The smallest absolute Gasteiger partial charge is 0.0309 e. The van der Waals surface area contributed by atoms with Crippen molar-refractivity contribution in [3.63, 3.8) is 0 Å². The molecule has 3 fully saturated rings. The summed E-state index contributed by atoms with van der Waals surface area (Å²) in [5.74, 6) is 1.74. The largest absolute Gasteiger partial charge is 0.308 e. The molecule has 1 atom stereocenters. The monoisotopic (exact) mass is 292 g/mol. The van der Waals surface area contributed by atoms with Crippen molar-refractivity contribution in [3.05, 3.63) is 0 Å². The van der Waals surface area contributed by atoms with E-state index < -0.39 is 0 Å². The molecule has 0 bridgehead atoms. The molecule has 1 unspecified atom stereocenters. The predicted molar refractivity (Wildman–Crippen MR) is 90.6 cm³/mol. The third-order valence-corrected chi connectivity index (χ3v) is 6.63. The third kappa shape index (κ3) is 3.47. The van der Waals surface area contributed by atoms with Crippen molar-refractivity contribution in [2.75, 3.05) is 13.1 Å². The number of piperazine rings is 1. The van der Waals surface area contributed by atoms with E-state index in [1.54, 1.807) is 0 Å². The highest BCUT2D eigenvalue weighted by atomic mass is 15.3. The standard InChI is InChI=1S/C19H36N2/c1-15(2)18-13-20-19(11-5-4-6-12-19)14-21(18)17-9-7-16(3)8-10-17/h15-18,20H,4-14H2,1-3H3. The van der Waals surface area contributed by atoms with E-state index in [1.807, 2.05) is 0 Å². The van der Waals surface area contributed by atoms with E-state index in [0.29, 0.717) is 5.54 Å². The zero-order chi connectivity index (χ0) is 14.9. The molecule has 0 aromatic carbocycles. The van der Waals surface area contributed by atoms with Gasteiger partial charge in [-0.25, -0.2) is 0 Å². The van der Waals surface area contributed by atoms with Gasteiger partial charge in [0.1, 0.15) is 0 Å². The van der Waals surface area contributed by atoms with Gasteiger partial charge in [0.15, 0.2) is 0 Å². The van der Waals surface area contributed by atoms with Gasteiger partial charge < -0.3 is 5.32 Å². The Morgan fingerprint density at radius 2 is 1.67 bits per heavy atom. The number of hydrogen-bond acceptors (Lipinski definition) is 2. The van der Waals surface area contributed by atoms with Crippen LogP contribution < -0.4 is 5.32 Å². The zero-order valence-electron chi connectivity index (χ0n) is 14.5. The summed E-state index contributed by atoms with van der Waals surface area (Å²) in [4.78, 5) is 2.96. The van der Waals surface area contributed by atoms with E-state index in [4.69, 9.17) is 0 Å². The molecule has 1 aliphatic heterocycles. The Kier molecular flexibility index (Phi) is 4.95. The van der Waals surface area contributed by atoms with Crippen LogP contribution in [0.4, 0.5) is 0 Å². The summed E-state index contributed by atoms with van der Waals surface area (Å²) in [5, 5.41) is 4.00. The van der Waals surface area contributed by atoms with Crippen LogP contribution in [0.5, 0.6) is 0 Å². The highest BCUT2D eigenvalue weighted by Crippen LogP contribution is 2.37. The maximum atomic E-state index is 4.00. The number of nitrogens with one attached hydrogen (secondary N) is 1. The summed E-state index contributed by atoms with van der Waals surface area (Å²) in [6.07, 6.45) is 13.0. The lowest BCUT2D eigenvalue weighted by molar-refractivity contribution is -0.00820. The summed E-state index contributed by atoms with van der Waals surface area (Å²) in [6, 6.07) is 1.63. The fourth-order valence-electron chi connectivity index (χ4n) is 5.12. The van der Waals surface area contributed by atoms with E-state index in [2.05, 4.69) is 31.0 Å². The van der Waals surface area contributed by atoms with Gasteiger partial charge in [-0.3, -0.25) is 4.90 Å². The van der Waals surface area contributed by atoms with Gasteiger partial charge in [-0.05, 0) is 50.4 Å². The first-order chi connectivity index (χ1) is 10.1. The second-order valence-corrected chi connectivity index (χ2v) is 8.62. The maximum absolute atomic E-state index is 4.00. The molecule has 2 heteroatoms. The van der Waals surface area contributed by atoms with Crippen molar-refractivity contribution < 1.29 is 0 Å². The van der Waals surface area contributed by atoms with E-state index in [1.165, 1.54) is 70.9 Å². The van der Waals surface area contributed by atoms with Crippen molar-refractivity contribution in [2.45, 2.75) is 96.2 Å². The Morgan fingerprint density at radius 1 is 1.00 bits per heavy atom. The summed E-state index contributed by atoms with van der Waals surface area (Å²) < 4.78 is 0. The molecular formula is C19H36N2. The minimum Gasteiger partial charge on any atom is -0.308 e. The number of hydrogen-bond donors (Lipinski definition) is 1. The van der Waals surface area contributed by atoms with Gasteiger partial charge in [0.2, 0.25) is 0 Å². The van der Waals surface area contributed by atoms with Crippen LogP contribution in [0.3, 0.4) is 0 Å². The van der Waals surface area contributed by atoms with Gasteiger partial charge in [-0.1, -0.05) is 40.0 Å². The molecule has 1 spiro atoms. The number of nitrogens with zero attached hydrogens (tertiary/aromatic N) is 1. The van der Waals surface area contributed by atoms with Crippen LogP contribution in [0.2, 0.25) is 0 Å². The van der Waals surface area contributed by atoms with Gasteiger partial charge in [-0.2, -0.15) is 0 Å². The van der Waals surface area contributed by atoms with Gasteiger partial charge >= 0.3 is 0 Å². The Bertz CT molecular complexity index is 324. The average Bonchev–Trinajstić information content (AvgIpc) is 2.48. The summed E-state index contributed by atoms with van der Waals surface area (Å²) in [6.45, 7) is 9.84. The van der Waals surface area contributed by atoms with Gasteiger partial charge in [-0.15, -0.1) is 0 Å². The fraction of sp³-hybridized carbons (Fsp3) is 1.00. The molecule has 1 saturated heterocycles. The lowest BCUT2D eigenvalue weighted by Gasteiger charge is -2.54. The maximum Gasteiger partial charge on any atom is 0.0309 e. The first-order valence-electron chi connectivity index (χ1n) is 9.60. The Balaban J connectivity index is 1.71. The first kappa shape index (κ1) is 15.8. The minimum atomic E-state index is 0.465. The summed E-state index contributed by atoms with van der Waals surface area (Å²) in [5.41, 5.74) is 0.465. The van der Waals surface area contributed by atoms with E-state index in [-0.39, 0.29) is 0 Å². The van der Waals surface area contributed by atoms with Crippen LogP contribution in [0.25, 0.3) is 0 Å². The fourth-order valence-corrected chi connectivity index (χ4v) is 5.12. The molecule has 21 heavy (non-hydrogen) atoms. The molecular weight excluding hydrogens is 256 g/mol. The SMILES string of the molecule is CC1CCC(N2CC3(CCCCC3)NCC2C(C)C)CC1. The molecule has 3 rings (SSSR count). The van der Waals surface area contributed by atoms with Gasteiger partial charge in [0.25, 0.3) is 0 Å². The second-order valence-electron chi connectivity index (χ2n) is 8.62. The molecule has 2 nitrogen and oxygen atoms in total. The van der Waals surface area contributed by atoms with Crippen LogP contribution in [-0.2, 0) is 0 Å². The Morgan fingerprint density at radius 3 is 2.29 bits per heavy atom. The van der Waals surface area contributed by atoms with Crippen LogP contribution >= 0.6 is 0 Å². The Hall–Kier alpha value is -0.0800. The van der Waals surface area contributed by atoms with Crippen LogP contribution in [0, 0.1) is 11.8 Å². The van der Waals surface area contributed by atoms with Crippen molar-refractivity contribution in [3.8, 4) is 0 Å². The minimum absolute atomic E-state index is 0.465. The molecule has 3 aliphatic rings. The molecule has 2 saturated carbocycles. The molecule has 0 amide bonds. The second kappa shape index (κ2) is 6.58. The molecule has 1 N–H and O–H groups in total. The Labute approximate surface area is 132 Å². The summed E-state index contributed by atoms with van der Waals surface area (Å²) in [7, 11) is 0. The highest BCUT2D eigenvalue weighted by molar-refractivity contribution is 5.02. The van der Waals surface area contributed by atoms with Crippen LogP contribution in [-0.4, -0.2) is 35.6 Å². The molecule has 0 radical (unpaired) electrons. The lowest BCUT2D eigenvalue weighted by Crippen LogP contribution is -2.67. The molecule has 2 aliphatic carbocycles. The quantitative estimate of drug-likeness (QED) is 0.820. The molecule has 122 valence electrons. The highest BCUT2D eigenvalue weighted by Gasteiger charge is 2.43. The molecule has 1 heterocycles. The van der Waals surface area contributed by atoms with E-state index >= 15 is 0 Å². The topological polar surface area (TPSA) is 15.3 Å². The normalized spacial score (nSPS) is 38.0. The molecule has 0 aromatic rings. The predicted octanol–water partition coefficient (Wildman–Crippen LogP) is 4.20. The molecule has 0 aromatic heterocycles. The van der Waals surface area contributed by atoms with Crippen molar-refractivity contribution >= 4 is 0 Å². The van der Waals surface area contributed by atoms with Crippen molar-refractivity contribution in [1.29, 1.82) is 0 Å². The van der Waals surface area contributed by atoms with Crippen molar-refractivity contribution in [1.82, 2.24) is 10.2 Å². The van der Waals surface area contributed by atoms with Crippen molar-refractivity contribution in [2.24, 2.45) is 11.8 Å². The average molecular weight is 293 g/mol. The number of rotatable bonds is 2. The van der Waals surface area contributed by atoms with E-state index in [0.717, 1.165) is 23.9 Å². The third-order valence-electron chi connectivity index (χ3n) is 6.63. The van der Waals surface area contributed by atoms with E-state index in [9.17, 15) is 0 Å².